The van der Waals surface area contributed by atoms with Gasteiger partial charge in [0.2, 0.25) is 0 Å². The lowest BCUT2D eigenvalue weighted by atomic mass is 10.1. The molecule has 0 aromatic rings. The van der Waals surface area contributed by atoms with Crippen LogP contribution in [0.3, 0.4) is 0 Å². The SMILES string of the molecule is CCCCCCCCCCOCCOCCOCCOCCOCCOCCOCCOC(=O)CCCCCCCCC. The second kappa shape index (κ2) is 39.2. The monoisotopic (exact) mass is 620 g/mol. The van der Waals surface area contributed by atoms with E-state index >= 15 is 0 Å². The van der Waals surface area contributed by atoms with Gasteiger partial charge in [-0.25, -0.2) is 0 Å². The van der Waals surface area contributed by atoms with Crippen molar-refractivity contribution in [2.75, 3.05) is 99.1 Å². The zero-order valence-corrected chi connectivity index (χ0v) is 28.1. The number of esters is 1. The van der Waals surface area contributed by atoms with Crippen molar-refractivity contribution >= 4 is 5.97 Å². The smallest absolute Gasteiger partial charge is 0.305 e. The van der Waals surface area contributed by atoms with Crippen molar-refractivity contribution in [1.82, 2.24) is 0 Å². The third-order valence-electron chi connectivity index (χ3n) is 6.85. The molecule has 9 heteroatoms. The van der Waals surface area contributed by atoms with Crippen LogP contribution in [0.5, 0.6) is 0 Å². The summed E-state index contributed by atoms with van der Waals surface area (Å²) in [7, 11) is 0. The van der Waals surface area contributed by atoms with Crippen LogP contribution < -0.4 is 0 Å². The lowest BCUT2D eigenvalue weighted by Gasteiger charge is -2.09. The van der Waals surface area contributed by atoms with E-state index in [2.05, 4.69) is 13.8 Å². The van der Waals surface area contributed by atoms with Gasteiger partial charge in [0, 0.05) is 13.0 Å². The number of carbonyl (C=O) groups is 1. The van der Waals surface area contributed by atoms with Gasteiger partial charge in [0.1, 0.15) is 6.61 Å². The molecule has 0 bridgehead atoms. The lowest BCUT2D eigenvalue weighted by Crippen LogP contribution is -2.15. The zero-order valence-electron chi connectivity index (χ0n) is 28.1. The maximum atomic E-state index is 11.7. The molecule has 0 spiro atoms. The molecule has 0 aliphatic rings. The van der Waals surface area contributed by atoms with Crippen molar-refractivity contribution in [1.29, 1.82) is 0 Å². The number of hydrogen-bond acceptors (Lipinski definition) is 9. The van der Waals surface area contributed by atoms with Crippen molar-refractivity contribution in [3.63, 3.8) is 0 Å². The first-order valence-electron chi connectivity index (χ1n) is 17.5. The molecule has 0 radical (unpaired) electrons. The second-order valence-corrected chi connectivity index (χ2v) is 10.9. The zero-order chi connectivity index (χ0) is 31.2. The highest BCUT2D eigenvalue weighted by Crippen LogP contribution is 2.09. The van der Waals surface area contributed by atoms with E-state index in [0.717, 1.165) is 25.9 Å². The van der Waals surface area contributed by atoms with Crippen LogP contribution in [0, 0.1) is 0 Å². The summed E-state index contributed by atoms with van der Waals surface area (Å²) in [5.74, 6) is -0.132. The Morgan fingerprint density at radius 2 is 0.605 bits per heavy atom. The molecule has 0 aliphatic carbocycles. The maximum absolute atomic E-state index is 11.7. The minimum Gasteiger partial charge on any atom is -0.463 e. The summed E-state index contributed by atoms with van der Waals surface area (Å²) in [6, 6.07) is 0. The molecule has 0 amide bonds. The molecule has 0 saturated carbocycles. The summed E-state index contributed by atoms with van der Waals surface area (Å²) in [4.78, 5) is 11.7. The van der Waals surface area contributed by atoms with Crippen LogP contribution in [0.15, 0.2) is 0 Å². The first-order valence-corrected chi connectivity index (χ1v) is 17.5. The molecule has 0 unspecified atom stereocenters. The van der Waals surface area contributed by atoms with E-state index in [9.17, 15) is 4.79 Å². The molecule has 0 aliphatic heterocycles. The van der Waals surface area contributed by atoms with Crippen LogP contribution >= 0.6 is 0 Å². The third-order valence-corrected chi connectivity index (χ3v) is 6.85. The molecule has 0 aromatic carbocycles. The van der Waals surface area contributed by atoms with E-state index in [1.54, 1.807) is 0 Å². The molecule has 0 rings (SSSR count). The van der Waals surface area contributed by atoms with Crippen molar-refractivity contribution in [3.8, 4) is 0 Å². The van der Waals surface area contributed by atoms with Gasteiger partial charge in [-0.05, 0) is 12.8 Å². The standard InChI is InChI=1S/C34H68O9/c1-3-5-7-9-11-13-15-17-19-36-20-21-37-22-23-38-24-25-39-26-27-40-28-29-41-30-31-42-32-33-43-34(35)18-16-14-12-10-8-6-4-2/h3-33H2,1-2H3. The lowest BCUT2D eigenvalue weighted by molar-refractivity contribution is -0.145. The van der Waals surface area contributed by atoms with Crippen LogP contribution in [0.25, 0.3) is 0 Å². The summed E-state index contributed by atoms with van der Waals surface area (Å²) < 4.78 is 43.7. The van der Waals surface area contributed by atoms with Gasteiger partial charge in [0.15, 0.2) is 0 Å². The molecular formula is C34H68O9. The topological polar surface area (TPSA) is 90.9 Å². The third kappa shape index (κ3) is 39.2. The minimum atomic E-state index is -0.132. The molecule has 43 heavy (non-hydrogen) atoms. The van der Waals surface area contributed by atoms with Crippen LogP contribution in [0.4, 0.5) is 0 Å². The first kappa shape index (κ1) is 42.2. The van der Waals surface area contributed by atoms with Crippen molar-refractivity contribution in [2.45, 2.75) is 117 Å². The van der Waals surface area contributed by atoms with Gasteiger partial charge in [-0.1, -0.05) is 97.3 Å². The van der Waals surface area contributed by atoms with E-state index in [-0.39, 0.29) is 5.97 Å². The molecule has 258 valence electrons. The Balaban J connectivity index is 3.09. The van der Waals surface area contributed by atoms with Crippen molar-refractivity contribution in [2.24, 2.45) is 0 Å². The van der Waals surface area contributed by atoms with E-state index in [0.29, 0.717) is 98.9 Å². The van der Waals surface area contributed by atoms with Gasteiger partial charge < -0.3 is 37.9 Å². The Bertz CT molecular complexity index is 522. The van der Waals surface area contributed by atoms with E-state index in [1.165, 1.54) is 77.0 Å². The number of rotatable bonds is 38. The molecule has 0 atom stereocenters. The van der Waals surface area contributed by atoms with Crippen LogP contribution in [0.1, 0.15) is 117 Å². The number of hydrogen-bond donors (Lipinski definition) is 0. The Labute approximate surface area is 264 Å². The molecule has 0 fully saturated rings. The number of carbonyl (C=O) groups excluding carboxylic acids is 1. The maximum Gasteiger partial charge on any atom is 0.305 e. The molecule has 0 N–H and O–H groups in total. The quantitative estimate of drug-likeness (QED) is 0.0538. The van der Waals surface area contributed by atoms with E-state index in [1.807, 2.05) is 0 Å². The largest absolute Gasteiger partial charge is 0.463 e. The summed E-state index contributed by atoms with van der Waals surface area (Å²) in [6.45, 7) is 12.5. The molecule has 0 saturated heterocycles. The Morgan fingerprint density at radius 3 is 0.977 bits per heavy atom. The van der Waals surface area contributed by atoms with E-state index in [4.69, 9.17) is 37.9 Å². The average Bonchev–Trinajstić information content (AvgIpc) is 3.01. The minimum absolute atomic E-state index is 0.132. The molecular weight excluding hydrogens is 552 g/mol. The Kier molecular flexibility index (Phi) is 38.5. The van der Waals surface area contributed by atoms with Gasteiger partial charge >= 0.3 is 5.97 Å². The van der Waals surface area contributed by atoms with Crippen LogP contribution in [0.2, 0.25) is 0 Å². The Hall–Kier alpha value is -0.810. The highest BCUT2D eigenvalue weighted by molar-refractivity contribution is 5.69. The summed E-state index contributed by atoms with van der Waals surface area (Å²) >= 11 is 0. The molecule has 0 aromatic heterocycles. The fraction of sp³-hybridized carbons (Fsp3) is 0.971. The van der Waals surface area contributed by atoms with Gasteiger partial charge in [-0.2, -0.15) is 0 Å². The van der Waals surface area contributed by atoms with Crippen LogP contribution in [-0.4, -0.2) is 105 Å². The fourth-order valence-corrected chi connectivity index (χ4v) is 4.27. The molecule has 9 nitrogen and oxygen atoms in total. The normalized spacial score (nSPS) is 11.4. The Morgan fingerprint density at radius 1 is 0.326 bits per heavy atom. The van der Waals surface area contributed by atoms with Crippen molar-refractivity contribution < 1.29 is 42.7 Å². The molecule has 0 heterocycles. The van der Waals surface area contributed by atoms with Gasteiger partial charge in [0.25, 0.3) is 0 Å². The number of ether oxygens (including phenoxy) is 8. The van der Waals surface area contributed by atoms with Gasteiger partial charge in [-0.3, -0.25) is 4.79 Å². The average molecular weight is 621 g/mol. The summed E-state index contributed by atoms with van der Waals surface area (Å²) in [5.41, 5.74) is 0. The predicted octanol–water partition coefficient (Wildman–Crippen LogP) is 6.93. The van der Waals surface area contributed by atoms with Crippen LogP contribution in [-0.2, 0) is 42.7 Å². The van der Waals surface area contributed by atoms with Gasteiger partial charge in [-0.15, -0.1) is 0 Å². The van der Waals surface area contributed by atoms with Crippen molar-refractivity contribution in [3.05, 3.63) is 0 Å². The predicted molar refractivity (Wildman–Crippen MR) is 172 cm³/mol. The fourth-order valence-electron chi connectivity index (χ4n) is 4.27. The van der Waals surface area contributed by atoms with E-state index < -0.39 is 0 Å². The second-order valence-electron chi connectivity index (χ2n) is 10.9. The number of unbranched alkanes of at least 4 members (excludes halogenated alkanes) is 13. The first-order chi connectivity index (χ1) is 21.3. The highest BCUT2D eigenvalue weighted by Gasteiger charge is 2.02. The van der Waals surface area contributed by atoms with Gasteiger partial charge in [0.05, 0.1) is 85.9 Å². The summed E-state index contributed by atoms with van der Waals surface area (Å²) in [5, 5.41) is 0. The summed E-state index contributed by atoms with van der Waals surface area (Å²) in [6.07, 6.45) is 19.4. The highest BCUT2D eigenvalue weighted by atomic mass is 16.6.